The van der Waals surface area contributed by atoms with Gasteiger partial charge in [-0.3, -0.25) is 24.6 Å². The lowest BCUT2D eigenvalue weighted by Crippen LogP contribution is -2.74. The van der Waals surface area contributed by atoms with Gasteiger partial charge < -0.3 is 25.4 Å². The lowest BCUT2D eigenvalue weighted by Gasteiger charge is -2.47. The third-order valence-electron chi connectivity index (χ3n) is 7.11. The van der Waals surface area contributed by atoms with Crippen molar-refractivity contribution in [3.05, 3.63) is 53.6 Å². The molecule has 182 valence electrons. The summed E-state index contributed by atoms with van der Waals surface area (Å²) in [7, 11) is 0. The number of fused-ring (bicyclic) bond motifs is 3. The third kappa shape index (κ3) is 4.19. The van der Waals surface area contributed by atoms with Crippen molar-refractivity contribution in [1.82, 2.24) is 20.9 Å². The van der Waals surface area contributed by atoms with Gasteiger partial charge in [0.15, 0.2) is 11.5 Å². The molecule has 4 aliphatic rings. The van der Waals surface area contributed by atoms with Crippen LogP contribution in [0.25, 0.3) is 0 Å². The average Bonchev–Trinajstić information content (AvgIpc) is 2.87. The average molecular weight is 478 g/mol. The summed E-state index contributed by atoms with van der Waals surface area (Å²) in [5.74, 6) is -1.26. The number of hydrogen-bond donors (Lipinski definition) is 4. The van der Waals surface area contributed by atoms with Gasteiger partial charge in [-0.05, 0) is 29.7 Å². The summed E-state index contributed by atoms with van der Waals surface area (Å²) in [4.78, 5) is 41.1. The van der Waals surface area contributed by atoms with Gasteiger partial charge in [0.25, 0.3) is 0 Å². The molecule has 2 aromatic rings. The standard InChI is InChI=1S/C25H27N5O5/c31-20-12-17(23(32)26-16-5-6-18-19(11-16)35-10-9-34-18)21-22(27-20)28-25(29-24(21)33)30-8-7-14-3-1-2-4-15(14)13-30/h1-6,11,17,21-22,25,28H,7-10,12-13H2,(H,26,32)(H,27,31)(H,29,33). The maximum Gasteiger partial charge on any atom is 0.229 e. The highest BCUT2D eigenvalue weighted by Crippen LogP contribution is 2.34. The molecule has 4 unspecified atom stereocenters. The van der Waals surface area contributed by atoms with Crippen LogP contribution in [0.3, 0.4) is 0 Å². The Bertz CT molecular complexity index is 1190. The molecule has 6 rings (SSSR count). The van der Waals surface area contributed by atoms with Crippen LogP contribution in [0.5, 0.6) is 11.5 Å². The van der Waals surface area contributed by atoms with Gasteiger partial charge in [-0.1, -0.05) is 24.3 Å². The Morgan fingerprint density at radius 2 is 1.80 bits per heavy atom. The Kier molecular flexibility index (Phi) is 5.54. The zero-order valence-electron chi connectivity index (χ0n) is 19.1. The minimum atomic E-state index is -0.808. The molecule has 2 fully saturated rings. The Labute approximate surface area is 202 Å². The molecule has 0 aliphatic carbocycles. The Morgan fingerprint density at radius 3 is 2.66 bits per heavy atom. The first kappa shape index (κ1) is 21.9. The first-order valence-electron chi connectivity index (χ1n) is 11.9. The smallest absolute Gasteiger partial charge is 0.229 e. The number of anilines is 1. The molecule has 0 spiro atoms. The maximum atomic E-state index is 13.2. The van der Waals surface area contributed by atoms with Crippen LogP contribution in [0.1, 0.15) is 17.5 Å². The van der Waals surface area contributed by atoms with E-state index in [9.17, 15) is 14.4 Å². The highest BCUT2D eigenvalue weighted by molar-refractivity contribution is 6.00. The van der Waals surface area contributed by atoms with Gasteiger partial charge in [0.2, 0.25) is 17.7 Å². The molecular weight excluding hydrogens is 450 g/mol. The second-order valence-electron chi connectivity index (χ2n) is 9.30. The molecule has 0 saturated carbocycles. The molecule has 4 heterocycles. The van der Waals surface area contributed by atoms with Crippen LogP contribution in [0, 0.1) is 11.8 Å². The summed E-state index contributed by atoms with van der Waals surface area (Å²) in [5.41, 5.74) is 3.06. The predicted octanol–water partition coefficient (Wildman–Crippen LogP) is 0.536. The van der Waals surface area contributed by atoms with Crippen molar-refractivity contribution in [3.8, 4) is 11.5 Å². The largest absolute Gasteiger partial charge is 0.486 e. The maximum absolute atomic E-state index is 13.2. The number of hydrogen-bond acceptors (Lipinski definition) is 7. The molecule has 2 aromatic carbocycles. The Morgan fingerprint density at radius 1 is 1.00 bits per heavy atom. The van der Waals surface area contributed by atoms with Gasteiger partial charge in [-0.15, -0.1) is 0 Å². The van der Waals surface area contributed by atoms with Crippen LogP contribution < -0.4 is 30.7 Å². The first-order chi connectivity index (χ1) is 17.0. The van der Waals surface area contributed by atoms with Crippen molar-refractivity contribution in [3.63, 3.8) is 0 Å². The number of ether oxygens (including phenoxy) is 2. The monoisotopic (exact) mass is 477 g/mol. The molecular formula is C25H27N5O5. The second kappa shape index (κ2) is 8.86. The fourth-order valence-electron chi connectivity index (χ4n) is 5.35. The Hall–Kier alpha value is -3.63. The highest BCUT2D eigenvalue weighted by atomic mass is 16.6. The van der Waals surface area contributed by atoms with Crippen LogP contribution in [-0.4, -0.2) is 54.8 Å². The Balaban J connectivity index is 1.17. The van der Waals surface area contributed by atoms with Gasteiger partial charge in [0.05, 0.1) is 18.0 Å². The normalized spacial score (nSPS) is 27.7. The van der Waals surface area contributed by atoms with Gasteiger partial charge in [-0.25, -0.2) is 0 Å². The predicted molar refractivity (Wildman–Crippen MR) is 125 cm³/mol. The van der Waals surface area contributed by atoms with E-state index >= 15 is 0 Å². The topological polar surface area (TPSA) is 121 Å². The number of rotatable bonds is 3. The molecule has 3 amide bonds. The summed E-state index contributed by atoms with van der Waals surface area (Å²) < 4.78 is 11.1. The van der Waals surface area contributed by atoms with Crippen LogP contribution in [0.4, 0.5) is 5.69 Å². The van der Waals surface area contributed by atoms with E-state index in [1.807, 2.05) is 12.1 Å². The number of carbonyl (C=O) groups excluding carboxylic acids is 3. The summed E-state index contributed by atoms with van der Waals surface area (Å²) >= 11 is 0. The molecule has 10 nitrogen and oxygen atoms in total. The van der Waals surface area contributed by atoms with E-state index in [0.717, 1.165) is 13.0 Å². The van der Waals surface area contributed by atoms with Gasteiger partial charge >= 0.3 is 0 Å². The molecule has 0 aromatic heterocycles. The van der Waals surface area contributed by atoms with E-state index in [0.29, 0.717) is 36.9 Å². The molecule has 10 heteroatoms. The van der Waals surface area contributed by atoms with E-state index in [1.54, 1.807) is 18.2 Å². The lowest BCUT2D eigenvalue weighted by molar-refractivity contribution is -0.147. The quantitative estimate of drug-likeness (QED) is 0.509. The lowest BCUT2D eigenvalue weighted by atomic mass is 9.81. The fraction of sp³-hybridized carbons (Fsp3) is 0.400. The first-order valence-corrected chi connectivity index (χ1v) is 11.9. The molecule has 2 saturated heterocycles. The number of amides is 3. The zero-order chi connectivity index (χ0) is 23.9. The zero-order valence-corrected chi connectivity index (χ0v) is 19.1. The molecule has 4 aliphatic heterocycles. The van der Waals surface area contributed by atoms with Gasteiger partial charge in [-0.2, -0.15) is 0 Å². The van der Waals surface area contributed by atoms with Gasteiger partial charge in [0.1, 0.15) is 19.5 Å². The fourth-order valence-corrected chi connectivity index (χ4v) is 5.35. The van der Waals surface area contributed by atoms with Crippen molar-refractivity contribution in [2.75, 3.05) is 25.1 Å². The minimum Gasteiger partial charge on any atom is -0.486 e. The van der Waals surface area contributed by atoms with Crippen LogP contribution in [0.2, 0.25) is 0 Å². The van der Waals surface area contributed by atoms with Crippen molar-refractivity contribution in [2.45, 2.75) is 31.8 Å². The summed E-state index contributed by atoms with van der Waals surface area (Å²) in [5, 5.41) is 12.1. The molecule has 4 N–H and O–H groups in total. The second-order valence-corrected chi connectivity index (χ2v) is 9.30. The van der Waals surface area contributed by atoms with Crippen molar-refractivity contribution >= 4 is 23.4 Å². The number of nitrogens with zero attached hydrogens (tertiary/aromatic N) is 1. The summed E-state index contributed by atoms with van der Waals surface area (Å²) in [6, 6.07) is 13.4. The van der Waals surface area contributed by atoms with Crippen molar-refractivity contribution in [2.24, 2.45) is 11.8 Å². The van der Waals surface area contributed by atoms with Crippen LogP contribution in [-0.2, 0) is 27.3 Å². The SMILES string of the molecule is O=C1CC(C(=O)Nc2ccc3c(c2)OCCO3)C2C(=O)NC(N3CCc4ccccc4C3)NC2N1. The minimum absolute atomic E-state index is 0.0611. The summed E-state index contributed by atoms with van der Waals surface area (Å²) in [6.45, 7) is 2.38. The van der Waals surface area contributed by atoms with E-state index in [4.69, 9.17) is 9.47 Å². The molecule has 0 radical (unpaired) electrons. The van der Waals surface area contributed by atoms with E-state index < -0.39 is 24.3 Å². The number of nitrogens with one attached hydrogen (secondary N) is 4. The number of benzene rings is 2. The van der Waals surface area contributed by atoms with Crippen molar-refractivity contribution < 1.29 is 23.9 Å². The van der Waals surface area contributed by atoms with Crippen LogP contribution in [0.15, 0.2) is 42.5 Å². The van der Waals surface area contributed by atoms with E-state index in [-0.39, 0.29) is 24.1 Å². The molecule has 4 atom stereocenters. The van der Waals surface area contributed by atoms with Gasteiger partial charge in [0, 0.05) is 31.3 Å². The molecule has 0 bridgehead atoms. The highest BCUT2D eigenvalue weighted by Gasteiger charge is 2.49. The van der Waals surface area contributed by atoms with Crippen LogP contribution >= 0.6 is 0 Å². The van der Waals surface area contributed by atoms with Crippen molar-refractivity contribution in [1.29, 1.82) is 0 Å². The number of carbonyl (C=O) groups is 3. The summed E-state index contributed by atoms with van der Waals surface area (Å²) in [6.07, 6.45) is -0.250. The molecule has 35 heavy (non-hydrogen) atoms. The number of piperidine rings is 1. The third-order valence-corrected chi connectivity index (χ3v) is 7.11. The van der Waals surface area contributed by atoms with E-state index in [2.05, 4.69) is 38.3 Å². The van der Waals surface area contributed by atoms with E-state index in [1.165, 1.54) is 11.1 Å².